The summed E-state index contributed by atoms with van der Waals surface area (Å²) in [6.45, 7) is 11.0. The van der Waals surface area contributed by atoms with E-state index in [1.165, 1.54) is 33.4 Å². The summed E-state index contributed by atoms with van der Waals surface area (Å²) in [4.78, 5) is 0. The van der Waals surface area contributed by atoms with E-state index in [4.69, 9.17) is 9.47 Å². The molecule has 0 spiro atoms. The Kier molecular flexibility index (Phi) is 5.35. The smallest absolute Gasteiger partial charge is 0.122 e. The van der Waals surface area contributed by atoms with Crippen molar-refractivity contribution in [2.75, 3.05) is 14.2 Å². The second-order valence-corrected chi connectivity index (χ2v) is 6.36. The fourth-order valence-corrected chi connectivity index (χ4v) is 3.42. The molecule has 23 heavy (non-hydrogen) atoms. The van der Waals surface area contributed by atoms with Crippen LogP contribution < -0.4 is 9.47 Å². The molecule has 0 aliphatic carbocycles. The molecule has 2 rings (SSSR count). The zero-order valence-electron chi connectivity index (χ0n) is 15.4. The minimum Gasteiger partial charge on any atom is -0.497 e. The first-order valence-corrected chi connectivity index (χ1v) is 8.29. The monoisotopic (exact) mass is 312 g/mol. The minimum absolute atomic E-state index is 0.396. The Hall–Kier alpha value is -1.96. The fraction of sp³-hybridized carbons (Fsp3) is 0.429. The zero-order valence-corrected chi connectivity index (χ0v) is 15.4. The SMILES string of the molecule is CCc1ccc(OC)c(C(C)C)c1-c1c(C)cc(OC)cc1C. The molecule has 0 heterocycles. The average Bonchev–Trinajstić information content (AvgIpc) is 2.52. The van der Waals surface area contributed by atoms with Crippen molar-refractivity contribution in [3.8, 4) is 22.6 Å². The molecule has 2 heteroatoms. The van der Waals surface area contributed by atoms with Gasteiger partial charge >= 0.3 is 0 Å². The molecule has 0 aromatic heterocycles. The van der Waals surface area contributed by atoms with Crippen molar-refractivity contribution in [2.45, 2.75) is 47.0 Å². The third-order valence-electron chi connectivity index (χ3n) is 4.46. The maximum absolute atomic E-state index is 5.67. The standard InChI is InChI=1S/C21H28O2/c1-8-16-9-10-18(23-7)19(13(2)3)21(16)20-14(4)11-17(22-6)12-15(20)5/h9-13H,8H2,1-7H3. The van der Waals surface area contributed by atoms with Crippen molar-refractivity contribution in [3.05, 3.63) is 46.5 Å². The van der Waals surface area contributed by atoms with Crippen LogP contribution in [0.25, 0.3) is 11.1 Å². The van der Waals surface area contributed by atoms with Gasteiger partial charge in [0.2, 0.25) is 0 Å². The van der Waals surface area contributed by atoms with Crippen LogP contribution in [-0.4, -0.2) is 14.2 Å². The number of hydrogen-bond acceptors (Lipinski definition) is 2. The quantitative estimate of drug-likeness (QED) is 0.708. The summed E-state index contributed by atoms with van der Waals surface area (Å²) < 4.78 is 11.1. The molecular weight excluding hydrogens is 284 g/mol. The lowest BCUT2D eigenvalue weighted by Crippen LogP contribution is -2.04. The number of benzene rings is 2. The Morgan fingerprint density at radius 3 is 1.96 bits per heavy atom. The molecule has 0 unspecified atom stereocenters. The highest BCUT2D eigenvalue weighted by atomic mass is 16.5. The van der Waals surface area contributed by atoms with E-state index < -0.39 is 0 Å². The Morgan fingerprint density at radius 1 is 0.913 bits per heavy atom. The highest BCUT2D eigenvalue weighted by Gasteiger charge is 2.20. The maximum atomic E-state index is 5.67. The molecule has 0 atom stereocenters. The van der Waals surface area contributed by atoms with Crippen LogP contribution in [-0.2, 0) is 6.42 Å². The van der Waals surface area contributed by atoms with Crippen LogP contribution in [0.2, 0.25) is 0 Å². The summed E-state index contributed by atoms with van der Waals surface area (Å²) in [6, 6.07) is 8.53. The van der Waals surface area contributed by atoms with Crippen molar-refractivity contribution in [1.29, 1.82) is 0 Å². The van der Waals surface area contributed by atoms with Crippen LogP contribution in [0.4, 0.5) is 0 Å². The van der Waals surface area contributed by atoms with Crippen molar-refractivity contribution in [2.24, 2.45) is 0 Å². The lowest BCUT2D eigenvalue weighted by Gasteiger charge is -2.23. The number of methoxy groups -OCH3 is 2. The molecule has 0 radical (unpaired) electrons. The molecule has 0 aliphatic heterocycles. The van der Waals surface area contributed by atoms with E-state index in [1.54, 1.807) is 14.2 Å². The van der Waals surface area contributed by atoms with Gasteiger partial charge in [0.15, 0.2) is 0 Å². The fourth-order valence-electron chi connectivity index (χ4n) is 3.42. The summed E-state index contributed by atoms with van der Waals surface area (Å²) in [5, 5.41) is 0. The Labute approximate surface area is 140 Å². The van der Waals surface area contributed by atoms with Crippen LogP contribution in [0.15, 0.2) is 24.3 Å². The van der Waals surface area contributed by atoms with Gasteiger partial charge in [-0.2, -0.15) is 0 Å². The lowest BCUT2D eigenvalue weighted by molar-refractivity contribution is 0.407. The number of rotatable bonds is 5. The van der Waals surface area contributed by atoms with E-state index in [2.05, 4.69) is 58.9 Å². The van der Waals surface area contributed by atoms with Crippen LogP contribution in [0, 0.1) is 13.8 Å². The Morgan fingerprint density at radius 2 is 1.52 bits per heavy atom. The minimum atomic E-state index is 0.396. The normalized spacial score (nSPS) is 11.0. The van der Waals surface area contributed by atoms with Crippen molar-refractivity contribution in [3.63, 3.8) is 0 Å². The number of hydrogen-bond donors (Lipinski definition) is 0. The van der Waals surface area contributed by atoms with Crippen molar-refractivity contribution in [1.82, 2.24) is 0 Å². The molecule has 0 saturated carbocycles. The van der Waals surface area contributed by atoms with Gasteiger partial charge in [-0.05, 0) is 72.2 Å². The summed E-state index contributed by atoms with van der Waals surface area (Å²) in [7, 11) is 3.47. The van der Waals surface area contributed by atoms with Gasteiger partial charge in [-0.15, -0.1) is 0 Å². The van der Waals surface area contributed by atoms with Gasteiger partial charge in [-0.25, -0.2) is 0 Å². The maximum Gasteiger partial charge on any atom is 0.122 e. The van der Waals surface area contributed by atoms with Gasteiger partial charge in [0.25, 0.3) is 0 Å². The van der Waals surface area contributed by atoms with E-state index in [0.29, 0.717) is 5.92 Å². The molecule has 2 aromatic rings. The van der Waals surface area contributed by atoms with Gasteiger partial charge in [0, 0.05) is 5.56 Å². The highest BCUT2D eigenvalue weighted by Crippen LogP contribution is 2.42. The van der Waals surface area contributed by atoms with Crippen molar-refractivity contribution < 1.29 is 9.47 Å². The van der Waals surface area contributed by atoms with Crippen molar-refractivity contribution >= 4 is 0 Å². The topological polar surface area (TPSA) is 18.5 Å². The van der Waals surface area contributed by atoms with Gasteiger partial charge < -0.3 is 9.47 Å². The van der Waals surface area contributed by atoms with Crippen LogP contribution in [0.3, 0.4) is 0 Å². The Bertz CT molecular complexity index is 676. The summed E-state index contributed by atoms with van der Waals surface area (Å²) >= 11 is 0. The third-order valence-corrected chi connectivity index (χ3v) is 4.46. The van der Waals surface area contributed by atoms with Gasteiger partial charge in [0.1, 0.15) is 11.5 Å². The molecule has 2 nitrogen and oxygen atoms in total. The first-order valence-electron chi connectivity index (χ1n) is 8.29. The summed E-state index contributed by atoms with van der Waals surface area (Å²) in [5.74, 6) is 2.28. The van der Waals surface area contributed by atoms with Crippen LogP contribution in [0.1, 0.15) is 48.9 Å². The predicted molar refractivity (Wildman–Crippen MR) is 97.9 cm³/mol. The molecule has 0 fully saturated rings. The predicted octanol–water partition coefficient (Wildman–Crippen LogP) is 5.67. The van der Waals surface area contributed by atoms with E-state index in [0.717, 1.165) is 17.9 Å². The molecular formula is C21H28O2. The molecule has 0 saturated heterocycles. The van der Waals surface area contributed by atoms with E-state index in [1.807, 2.05) is 0 Å². The number of aryl methyl sites for hydroxylation is 3. The van der Waals surface area contributed by atoms with E-state index in [-0.39, 0.29) is 0 Å². The second-order valence-electron chi connectivity index (χ2n) is 6.36. The molecule has 0 aliphatic rings. The van der Waals surface area contributed by atoms with E-state index >= 15 is 0 Å². The number of ether oxygens (including phenoxy) is 2. The van der Waals surface area contributed by atoms with Crippen LogP contribution >= 0.6 is 0 Å². The lowest BCUT2D eigenvalue weighted by atomic mass is 9.83. The molecule has 2 aromatic carbocycles. The second kappa shape index (κ2) is 7.08. The summed E-state index contributed by atoms with van der Waals surface area (Å²) in [5.41, 5.74) is 7.79. The molecule has 0 amide bonds. The first-order chi connectivity index (χ1) is 10.9. The zero-order chi connectivity index (χ0) is 17.1. The largest absolute Gasteiger partial charge is 0.497 e. The average molecular weight is 312 g/mol. The van der Waals surface area contributed by atoms with Gasteiger partial charge in [-0.3, -0.25) is 0 Å². The molecule has 0 bridgehead atoms. The summed E-state index contributed by atoms with van der Waals surface area (Å²) in [6.07, 6.45) is 1.00. The third kappa shape index (κ3) is 3.21. The first kappa shape index (κ1) is 17.4. The molecule has 0 N–H and O–H groups in total. The van der Waals surface area contributed by atoms with Gasteiger partial charge in [0.05, 0.1) is 14.2 Å². The Balaban J connectivity index is 2.86. The molecule has 124 valence electrons. The van der Waals surface area contributed by atoms with Crippen LogP contribution in [0.5, 0.6) is 11.5 Å². The van der Waals surface area contributed by atoms with E-state index in [9.17, 15) is 0 Å². The highest BCUT2D eigenvalue weighted by molar-refractivity contribution is 5.80. The van der Waals surface area contributed by atoms with Gasteiger partial charge in [-0.1, -0.05) is 26.8 Å².